The van der Waals surface area contributed by atoms with Crippen LogP contribution in [0.3, 0.4) is 0 Å². The molecule has 0 spiro atoms. The van der Waals surface area contributed by atoms with Gasteiger partial charge in [0.15, 0.2) is 6.04 Å². The highest BCUT2D eigenvalue weighted by molar-refractivity contribution is 9.10. The predicted octanol–water partition coefficient (Wildman–Crippen LogP) is 1.52. The number of halogens is 1. The predicted molar refractivity (Wildman–Crippen MR) is 75.3 cm³/mol. The summed E-state index contributed by atoms with van der Waals surface area (Å²) in [6.07, 6.45) is 0. The molecule has 1 aromatic rings. The molecule has 6 heteroatoms. The molecule has 5 nitrogen and oxygen atoms in total. The summed E-state index contributed by atoms with van der Waals surface area (Å²) in [7, 11) is 0. The van der Waals surface area contributed by atoms with Gasteiger partial charge in [-0.2, -0.15) is 0 Å². The monoisotopic (exact) mass is 328 g/mol. The Morgan fingerprint density at radius 1 is 1.42 bits per heavy atom. The van der Waals surface area contributed by atoms with Crippen molar-refractivity contribution in [3.05, 3.63) is 34.3 Å². The van der Waals surface area contributed by atoms with Gasteiger partial charge in [0.1, 0.15) is 0 Å². The van der Waals surface area contributed by atoms with Crippen LogP contribution in [-0.4, -0.2) is 24.5 Å². The summed E-state index contributed by atoms with van der Waals surface area (Å²) in [5.41, 5.74) is 6.42. The minimum Gasteiger partial charge on any atom is -0.464 e. The van der Waals surface area contributed by atoms with Crippen molar-refractivity contribution < 1.29 is 14.3 Å². The first-order chi connectivity index (χ1) is 8.97. The van der Waals surface area contributed by atoms with Gasteiger partial charge < -0.3 is 15.8 Å². The lowest BCUT2D eigenvalue weighted by Crippen LogP contribution is -2.47. The zero-order valence-electron chi connectivity index (χ0n) is 10.9. The molecule has 0 saturated heterocycles. The number of ether oxygens (including phenoxy) is 1. The number of esters is 1. The van der Waals surface area contributed by atoms with E-state index in [-0.39, 0.29) is 12.6 Å². The standard InChI is InChI=1S/C13H17BrN2O3/c1-3-19-13(18)11(15)12(17)16-8(2)9-6-4-5-7-10(9)14/h4-8,11H,3,15H2,1-2H3,(H,16,17). The van der Waals surface area contributed by atoms with Crippen LogP contribution in [-0.2, 0) is 14.3 Å². The van der Waals surface area contributed by atoms with Crippen molar-refractivity contribution in [2.45, 2.75) is 25.9 Å². The Balaban J connectivity index is 2.67. The van der Waals surface area contributed by atoms with Crippen LogP contribution in [0.1, 0.15) is 25.5 Å². The van der Waals surface area contributed by atoms with Crippen LogP contribution in [0.15, 0.2) is 28.7 Å². The maximum Gasteiger partial charge on any atom is 0.332 e. The van der Waals surface area contributed by atoms with Crippen LogP contribution in [0.5, 0.6) is 0 Å². The lowest BCUT2D eigenvalue weighted by Gasteiger charge is -2.18. The van der Waals surface area contributed by atoms with Gasteiger partial charge in [-0.25, -0.2) is 4.79 Å². The Labute approximate surface area is 120 Å². The molecule has 0 heterocycles. The zero-order chi connectivity index (χ0) is 14.4. The Hall–Kier alpha value is -1.40. The van der Waals surface area contributed by atoms with Gasteiger partial charge >= 0.3 is 5.97 Å². The number of nitrogens with one attached hydrogen (secondary N) is 1. The first kappa shape index (κ1) is 15.7. The molecule has 0 radical (unpaired) electrons. The third-order valence-electron chi connectivity index (χ3n) is 2.55. The highest BCUT2D eigenvalue weighted by Gasteiger charge is 2.25. The summed E-state index contributed by atoms with van der Waals surface area (Å²) >= 11 is 3.40. The van der Waals surface area contributed by atoms with Gasteiger partial charge in [-0.05, 0) is 25.5 Å². The summed E-state index contributed by atoms with van der Waals surface area (Å²) in [5.74, 6) is -1.28. The van der Waals surface area contributed by atoms with Crippen LogP contribution in [0.25, 0.3) is 0 Å². The van der Waals surface area contributed by atoms with E-state index in [4.69, 9.17) is 10.5 Å². The number of rotatable bonds is 5. The largest absolute Gasteiger partial charge is 0.464 e. The Kier molecular flexibility index (Phi) is 5.98. The summed E-state index contributed by atoms with van der Waals surface area (Å²) < 4.78 is 5.58. The fourth-order valence-corrected chi connectivity index (χ4v) is 2.17. The molecule has 3 N–H and O–H groups in total. The Morgan fingerprint density at radius 3 is 2.63 bits per heavy atom. The summed E-state index contributed by atoms with van der Waals surface area (Å²) in [5, 5.41) is 2.68. The molecule has 1 aromatic carbocycles. The van der Waals surface area contributed by atoms with E-state index in [1.807, 2.05) is 31.2 Å². The number of hydrogen-bond donors (Lipinski definition) is 2. The lowest BCUT2D eigenvalue weighted by atomic mass is 10.1. The topological polar surface area (TPSA) is 81.4 Å². The van der Waals surface area contributed by atoms with E-state index in [2.05, 4.69) is 21.2 Å². The minimum atomic E-state index is -1.30. The van der Waals surface area contributed by atoms with Crippen molar-refractivity contribution in [2.24, 2.45) is 5.73 Å². The van der Waals surface area contributed by atoms with Gasteiger partial charge in [0.2, 0.25) is 5.91 Å². The second-order valence-corrected chi connectivity index (χ2v) is 4.84. The quantitative estimate of drug-likeness (QED) is 0.634. The molecule has 0 saturated carbocycles. The average molecular weight is 329 g/mol. The van der Waals surface area contributed by atoms with E-state index in [1.54, 1.807) is 6.92 Å². The molecule has 0 bridgehead atoms. The number of carbonyl (C=O) groups excluding carboxylic acids is 2. The molecule has 2 unspecified atom stereocenters. The van der Waals surface area contributed by atoms with Gasteiger partial charge in [0.25, 0.3) is 0 Å². The molecule has 1 rings (SSSR count). The van der Waals surface area contributed by atoms with Crippen molar-refractivity contribution in [1.82, 2.24) is 5.32 Å². The molecule has 2 atom stereocenters. The Bertz CT molecular complexity index is 465. The first-order valence-electron chi connectivity index (χ1n) is 5.94. The van der Waals surface area contributed by atoms with Crippen LogP contribution in [0.2, 0.25) is 0 Å². The number of hydrogen-bond acceptors (Lipinski definition) is 4. The van der Waals surface area contributed by atoms with Gasteiger partial charge in [0.05, 0.1) is 12.6 Å². The SMILES string of the molecule is CCOC(=O)C(N)C(=O)NC(C)c1ccccc1Br. The van der Waals surface area contributed by atoms with E-state index in [0.717, 1.165) is 10.0 Å². The third-order valence-corrected chi connectivity index (χ3v) is 3.28. The van der Waals surface area contributed by atoms with Crippen LogP contribution in [0, 0.1) is 0 Å². The number of benzene rings is 1. The fraction of sp³-hybridized carbons (Fsp3) is 0.385. The summed E-state index contributed by atoms with van der Waals surface area (Å²) in [6, 6.07) is 5.95. The van der Waals surface area contributed by atoms with Crippen LogP contribution >= 0.6 is 15.9 Å². The highest BCUT2D eigenvalue weighted by Crippen LogP contribution is 2.22. The molecule has 19 heavy (non-hydrogen) atoms. The van der Waals surface area contributed by atoms with Crippen molar-refractivity contribution in [3.8, 4) is 0 Å². The molecule has 0 aliphatic carbocycles. The zero-order valence-corrected chi connectivity index (χ0v) is 12.4. The van der Waals surface area contributed by atoms with Crippen molar-refractivity contribution in [1.29, 1.82) is 0 Å². The molecule has 0 aromatic heterocycles. The maximum atomic E-state index is 11.8. The smallest absolute Gasteiger partial charge is 0.332 e. The first-order valence-corrected chi connectivity index (χ1v) is 6.73. The number of amides is 1. The molecule has 0 aliphatic rings. The van der Waals surface area contributed by atoms with Gasteiger partial charge in [-0.3, -0.25) is 4.79 Å². The van der Waals surface area contributed by atoms with E-state index < -0.39 is 17.9 Å². The number of nitrogens with two attached hydrogens (primary N) is 1. The molecule has 104 valence electrons. The maximum absolute atomic E-state index is 11.8. The molecular formula is C13H17BrN2O3. The second-order valence-electron chi connectivity index (χ2n) is 3.98. The normalized spacial score (nSPS) is 13.5. The van der Waals surface area contributed by atoms with E-state index in [9.17, 15) is 9.59 Å². The number of carbonyl (C=O) groups is 2. The fourth-order valence-electron chi connectivity index (χ4n) is 1.55. The molecule has 0 aliphatic heterocycles. The van der Waals surface area contributed by atoms with E-state index in [1.165, 1.54) is 0 Å². The van der Waals surface area contributed by atoms with Gasteiger partial charge in [-0.15, -0.1) is 0 Å². The lowest BCUT2D eigenvalue weighted by molar-refractivity contribution is -0.148. The summed E-state index contributed by atoms with van der Waals surface area (Å²) in [4.78, 5) is 23.2. The molecular weight excluding hydrogens is 312 g/mol. The average Bonchev–Trinajstić information content (AvgIpc) is 2.38. The molecule has 0 fully saturated rings. The highest BCUT2D eigenvalue weighted by atomic mass is 79.9. The second kappa shape index (κ2) is 7.25. The van der Waals surface area contributed by atoms with E-state index >= 15 is 0 Å². The van der Waals surface area contributed by atoms with Gasteiger partial charge in [0, 0.05) is 4.47 Å². The third kappa shape index (κ3) is 4.33. The van der Waals surface area contributed by atoms with E-state index in [0.29, 0.717) is 0 Å². The summed E-state index contributed by atoms with van der Waals surface area (Å²) in [6.45, 7) is 3.67. The van der Waals surface area contributed by atoms with Crippen molar-refractivity contribution in [2.75, 3.05) is 6.61 Å². The Morgan fingerprint density at radius 2 is 2.05 bits per heavy atom. The van der Waals surface area contributed by atoms with Crippen LogP contribution in [0.4, 0.5) is 0 Å². The van der Waals surface area contributed by atoms with Crippen molar-refractivity contribution >= 4 is 27.8 Å². The van der Waals surface area contributed by atoms with Crippen molar-refractivity contribution in [3.63, 3.8) is 0 Å². The molecule has 1 amide bonds. The van der Waals surface area contributed by atoms with Gasteiger partial charge in [-0.1, -0.05) is 34.1 Å². The minimum absolute atomic E-state index is 0.194. The van der Waals surface area contributed by atoms with Crippen LogP contribution < -0.4 is 11.1 Å².